The molecule has 4 N–H and O–H groups in total. The molecule has 1 aliphatic carbocycles. The van der Waals surface area contributed by atoms with Gasteiger partial charge in [0.15, 0.2) is 5.78 Å². The van der Waals surface area contributed by atoms with E-state index in [0.717, 1.165) is 18.5 Å². The molecule has 0 aliphatic heterocycles. The van der Waals surface area contributed by atoms with Crippen LogP contribution in [0.3, 0.4) is 0 Å². The van der Waals surface area contributed by atoms with Crippen molar-refractivity contribution >= 4 is 29.1 Å². The van der Waals surface area contributed by atoms with Crippen LogP contribution in [0.5, 0.6) is 0 Å². The van der Waals surface area contributed by atoms with E-state index in [0.29, 0.717) is 34.6 Å². The van der Waals surface area contributed by atoms with Crippen molar-refractivity contribution in [3.8, 4) is 0 Å². The molecule has 0 saturated carbocycles. The molecule has 0 unspecified atom stereocenters. The first-order valence-electron chi connectivity index (χ1n) is 8.14. The minimum atomic E-state index is -0.338. The smallest absolute Gasteiger partial charge is 0.318 e. The largest absolute Gasteiger partial charge is 0.354 e. The van der Waals surface area contributed by atoms with E-state index in [-0.39, 0.29) is 17.7 Å². The summed E-state index contributed by atoms with van der Waals surface area (Å²) in [5.74, 6) is -0.220. The quantitative estimate of drug-likeness (QED) is 0.691. The van der Waals surface area contributed by atoms with Crippen LogP contribution in [-0.4, -0.2) is 29.8 Å². The summed E-state index contributed by atoms with van der Waals surface area (Å²) in [6, 6.07) is 6.52. The number of aromatic amines is 1. The molecule has 0 spiro atoms. The predicted octanol–water partition coefficient (Wildman–Crippen LogP) is 2.85. The highest BCUT2D eigenvalue weighted by molar-refractivity contribution is 6.08. The minimum absolute atomic E-state index is 0.0887. The van der Waals surface area contributed by atoms with Crippen LogP contribution in [0.25, 0.3) is 0 Å². The number of carbonyl (C=O) groups is 3. The summed E-state index contributed by atoms with van der Waals surface area (Å²) in [5.41, 5.74) is 3.72. The summed E-state index contributed by atoms with van der Waals surface area (Å²) in [5, 5.41) is 7.91. The SMILES string of the molecule is CNC(=O)Nc1cccc(NC(=O)c2[nH]c3c(c2C)C(=O)CCC3)c1. The first kappa shape index (κ1) is 16.8. The van der Waals surface area contributed by atoms with E-state index in [4.69, 9.17) is 0 Å². The van der Waals surface area contributed by atoms with Crippen LogP contribution < -0.4 is 16.0 Å². The number of carbonyl (C=O) groups excluding carboxylic acids is 3. The number of hydrogen-bond donors (Lipinski definition) is 4. The van der Waals surface area contributed by atoms with Crippen LogP contribution in [0.4, 0.5) is 16.2 Å². The van der Waals surface area contributed by atoms with E-state index in [1.807, 2.05) is 0 Å². The summed E-state index contributed by atoms with van der Waals surface area (Å²) < 4.78 is 0. The Morgan fingerprint density at radius 1 is 1.12 bits per heavy atom. The number of ketones is 1. The molecule has 0 bridgehead atoms. The van der Waals surface area contributed by atoms with Crippen molar-refractivity contribution in [2.75, 3.05) is 17.7 Å². The second-order valence-corrected chi connectivity index (χ2v) is 5.99. The van der Waals surface area contributed by atoms with E-state index in [9.17, 15) is 14.4 Å². The second-order valence-electron chi connectivity index (χ2n) is 5.99. The van der Waals surface area contributed by atoms with Gasteiger partial charge in [-0.15, -0.1) is 0 Å². The van der Waals surface area contributed by atoms with Crippen molar-refractivity contribution in [2.24, 2.45) is 0 Å². The maximum absolute atomic E-state index is 12.6. The molecule has 25 heavy (non-hydrogen) atoms. The molecular formula is C18H20N4O3. The Morgan fingerprint density at radius 3 is 2.52 bits per heavy atom. The Balaban J connectivity index is 1.80. The fourth-order valence-electron chi connectivity index (χ4n) is 3.06. The number of anilines is 2. The van der Waals surface area contributed by atoms with Gasteiger partial charge >= 0.3 is 6.03 Å². The molecule has 3 rings (SSSR count). The van der Waals surface area contributed by atoms with Crippen LogP contribution in [0, 0.1) is 6.92 Å². The lowest BCUT2D eigenvalue weighted by Crippen LogP contribution is -2.24. The van der Waals surface area contributed by atoms with E-state index in [2.05, 4.69) is 20.9 Å². The molecule has 1 aromatic heterocycles. The number of Topliss-reactive ketones (excluding diaryl/α,β-unsaturated/α-hetero) is 1. The molecule has 7 nitrogen and oxygen atoms in total. The summed E-state index contributed by atoms with van der Waals surface area (Å²) in [6.07, 6.45) is 2.11. The van der Waals surface area contributed by atoms with Crippen molar-refractivity contribution in [3.63, 3.8) is 0 Å². The van der Waals surface area contributed by atoms with Gasteiger partial charge in [-0.05, 0) is 43.5 Å². The number of nitrogens with one attached hydrogen (secondary N) is 4. The van der Waals surface area contributed by atoms with Crippen molar-refractivity contribution in [3.05, 3.63) is 46.8 Å². The monoisotopic (exact) mass is 340 g/mol. The summed E-state index contributed by atoms with van der Waals surface area (Å²) in [6.45, 7) is 1.79. The van der Waals surface area contributed by atoms with E-state index in [1.54, 1.807) is 31.2 Å². The standard InChI is InChI=1S/C18H20N4O3/c1-10-15-13(7-4-8-14(15)23)22-16(10)17(24)20-11-5-3-6-12(9-11)21-18(25)19-2/h3,5-6,9,22H,4,7-8H2,1-2H3,(H,20,24)(H2,19,21,25). The van der Waals surface area contributed by atoms with Gasteiger partial charge in [0.2, 0.25) is 0 Å². The van der Waals surface area contributed by atoms with Gasteiger partial charge in [0.05, 0.1) is 0 Å². The maximum atomic E-state index is 12.6. The first-order valence-corrected chi connectivity index (χ1v) is 8.14. The molecule has 3 amide bonds. The number of aromatic nitrogens is 1. The van der Waals surface area contributed by atoms with Gasteiger partial charge in [-0.3, -0.25) is 9.59 Å². The fraction of sp³-hybridized carbons (Fsp3) is 0.278. The molecular weight excluding hydrogens is 320 g/mol. The Morgan fingerprint density at radius 2 is 1.84 bits per heavy atom. The second kappa shape index (κ2) is 6.80. The van der Waals surface area contributed by atoms with E-state index < -0.39 is 0 Å². The maximum Gasteiger partial charge on any atom is 0.318 e. The van der Waals surface area contributed by atoms with Gasteiger partial charge in [-0.25, -0.2) is 4.79 Å². The lowest BCUT2D eigenvalue weighted by Gasteiger charge is -2.09. The highest BCUT2D eigenvalue weighted by atomic mass is 16.2. The molecule has 0 fully saturated rings. The van der Waals surface area contributed by atoms with Crippen molar-refractivity contribution in [1.82, 2.24) is 10.3 Å². The molecule has 0 saturated heterocycles. The average Bonchev–Trinajstić information content (AvgIpc) is 2.93. The number of urea groups is 1. The molecule has 130 valence electrons. The normalized spacial score (nSPS) is 13.1. The number of H-pyrrole nitrogens is 1. The number of rotatable bonds is 3. The number of benzene rings is 1. The zero-order valence-corrected chi connectivity index (χ0v) is 14.2. The third-order valence-corrected chi connectivity index (χ3v) is 4.27. The summed E-state index contributed by atoms with van der Waals surface area (Å²) >= 11 is 0. The number of aryl methyl sites for hydroxylation is 1. The van der Waals surface area contributed by atoms with Crippen molar-refractivity contribution in [1.29, 1.82) is 0 Å². The first-order chi connectivity index (χ1) is 12.0. The van der Waals surface area contributed by atoms with Crippen molar-refractivity contribution < 1.29 is 14.4 Å². The average molecular weight is 340 g/mol. The molecule has 0 radical (unpaired) electrons. The topological polar surface area (TPSA) is 103 Å². The third-order valence-electron chi connectivity index (χ3n) is 4.27. The number of fused-ring (bicyclic) bond motifs is 1. The lowest BCUT2D eigenvalue weighted by molar-refractivity contribution is 0.0971. The molecule has 1 aliphatic rings. The fourth-order valence-corrected chi connectivity index (χ4v) is 3.06. The van der Waals surface area contributed by atoms with Gasteiger partial charge in [0.25, 0.3) is 5.91 Å². The molecule has 0 atom stereocenters. The van der Waals surface area contributed by atoms with Crippen LogP contribution in [-0.2, 0) is 6.42 Å². The Kier molecular flexibility index (Phi) is 4.56. The number of amides is 3. The summed E-state index contributed by atoms with van der Waals surface area (Å²) in [7, 11) is 1.53. The highest BCUT2D eigenvalue weighted by Gasteiger charge is 2.26. The highest BCUT2D eigenvalue weighted by Crippen LogP contribution is 2.27. The van der Waals surface area contributed by atoms with Crippen LogP contribution in [0.1, 0.15) is 44.9 Å². The van der Waals surface area contributed by atoms with E-state index >= 15 is 0 Å². The van der Waals surface area contributed by atoms with E-state index in [1.165, 1.54) is 7.05 Å². The zero-order valence-electron chi connectivity index (χ0n) is 14.2. The van der Waals surface area contributed by atoms with Crippen molar-refractivity contribution in [2.45, 2.75) is 26.2 Å². The van der Waals surface area contributed by atoms with Gasteiger partial charge in [-0.2, -0.15) is 0 Å². The third kappa shape index (κ3) is 3.40. The Hall–Kier alpha value is -3.09. The molecule has 2 aromatic rings. The molecule has 1 heterocycles. The van der Waals surface area contributed by atoms with Gasteiger partial charge < -0.3 is 20.9 Å². The van der Waals surface area contributed by atoms with Gasteiger partial charge in [0.1, 0.15) is 5.69 Å². The van der Waals surface area contributed by atoms with Gasteiger partial charge in [-0.1, -0.05) is 6.07 Å². The zero-order chi connectivity index (χ0) is 18.0. The van der Waals surface area contributed by atoms with Crippen LogP contribution >= 0.6 is 0 Å². The Bertz CT molecular complexity index is 854. The van der Waals surface area contributed by atoms with Crippen LogP contribution in [0.15, 0.2) is 24.3 Å². The molecule has 1 aromatic carbocycles. The summed E-state index contributed by atoms with van der Waals surface area (Å²) in [4.78, 5) is 39.1. The Labute approximate surface area is 145 Å². The molecule has 7 heteroatoms. The minimum Gasteiger partial charge on any atom is -0.354 e. The van der Waals surface area contributed by atoms with Crippen LogP contribution in [0.2, 0.25) is 0 Å². The predicted molar refractivity (Wildman–Crippen MR) is 95.3 cm³/mol. The lowest BCUT2D eigenvalue weighted by atomic mass is 9.94. The number of hydrogen-bond acceptors (Lipinski definition) is 3. The van der Waals surface area contributed by atoms with Gasteiger partial charge in [0, 0.05) is 36.1 Å².